The maximum atomic E-state index is 2.12. The summed E-state index contributed by atoms with van der Waals surface area (Å²) in [7, 11) is 2.06. The van der Waals surface area contributed by atoms with Crippen LogP contribution in [-0.4, -0.2) is 4.57 Å². The second-order valence-electron chi connectivity index (χ2n) is 2.49. The number of nitrogens with zero attached hydrogens (tertiary/aromatic N) is 1. The van der Waals surface area contributed by atoms with Gasteiger partial charge in [0.1, 0.15) is 0 Å². The molecule has 1 nitrogen and oxygen atoms in total. The number of hydrogen-bond acceptors (Lipinski definition) is 0. The van der Waals surface area contributed by atoms with Crippen molar-refractivity contribution in [1.82, 2.24) is 4.57 Å². The number of aryl methyl sites for hydroxylation is 1. The highest BCUT2D eigenvalue weighted by Gasteiger charge is 1.92. The molecule has 0 bridgehead atoms. The van der Waals surface area contributed by atoms with E-state index in [-0.39, 0.29) is 0 Å². The van der Waals surface area contributed by atoms with Crippen molar-refractivity contribution in [2.45, 2.75) is 0 Å². The Balaban J connectivity index is 2.93. The van der Waals surface area contributed by atoms with E-state index in [0.29, 0.717) is 0 Å². The average Bonchev–Trinajstić information content (AvgIpc) is 2.34. The van der Waals surface area contributed by atoms with Gasteiger partial charge in [0, 0.05) is 18.8 Å². The van der Waals surface area contributed by atoms with Gasteiger partial charge in [-0.2, -0.15) is 0 Å². The third-order valence-corrected chi connectivity index (χ3v) is 1.79. The lowest BCUT2D eigenvalue weighted by Gasteiger charge is -1.92. The summed E-state index contributed by atoms with van der Waals surface area (Å²) in [5, 5.41) is 1.31. The largest absolute Gasteiger partial charge is 0.351 e. The monoisotopic (exact) mass is 132 g/mol. The molecule has 0 saturated carbocycles. The van der Waals surface area contributed by atoms with Crippen molar-refractivity contribution in [2.75, 3.05) is 0 Å². The first-order chi connectivity index (χ1) is 4.88. The van der Waals surface area contributed by atoms with Crippen LogP contribution in [0.1, 0.15) is 0 Å². The molecular weight excluding hydrogens is 123 g/mol. The molecule has 0 spiro atoms. The van der Waals surface area contributed by atoms with Crippen LogP contribution in [0, 0.1) is 0 Å². The van der Waals surface area contributed by atoms with Gasteiger partial charge in [-0.05, 0) is 17.5 Å². The molecular formula is C9H9N. The Labute approximate surface area is 59.9 Å². The van der Waals surface area contributed by atoms with Crippen molar-refractivity contribution in [3.05, 3.63) is 36.5 Å². The van der Waals surface area contributed by atoms with Crippen LogP contribution in [-0.2, 0) is 7.05 Å². The molecule has 1 heterocycles. The Kier molecular flexibility index (Phi) is 1.04. The number of para-hydroxylation sites is 1. The molecule has 0 N–H and O–H groups in total. The molecule has 1 aromatic carbocycles. The summed E-state index contributed by atoms with van der Waals surface area (Å²) in [6.07, 6.45) is 2.07. The minimum absolute atomic E-state index is 1.29. The van der Waals surface area contributed by atoms with E-state index < -0.39 is 0 Å². The normalized spacial score (nSPS) is 10.5. The Bertz CT molecular complexity index is 346. The van der Waals surface area contributed by atoms with Gasteiger partial charge >= 0.3 is 0 Å². The Morgan fingerprint density at radius 1 is 1.10 bits per heavy atom. The molecule has 0 aliphatic heterocycles. The molecule has 0 aliphatic rings. The van der Waals surface area contributed by atoms with Crippen LogP contribution >= 0.6 is 0 Å². The van der Waals surface area contributed by atoms with E-state index in [1.165, 1.54) is 10.9 Å². The van der Waals surface area contributed by atoms with Crippen LogP contribution in [0.4, 0.5) is 0 Å². The molecule has 50 valence electrons. The molecule has 2 rings (SSSR count). The molecule has 1 aromatic heterocycles. The minimum Gasteiger partial charge on any atom is -0.351 e. The van der Waals surface area contributed by atoms with Crippen LogP contribution in [0.5, 0.6) is 0 Å². The fourth-order valence-electron chi connectivity index (χ4n) is 1.22. The third-order valence-electron chi connectivity index (χ3n) is 1.79. The predicted molar refractivity (Wildman–Crippen MR) is 42.9 cm³/mol. The van der Waals surface area contributed by atoms with Gasteiger partial charge in [0.25, 0.3) is 0 Å². The van der Waals surface area contributed by atoms with Gasteiger partial charge in [0.2, 0.25) is 0 Å². The van der Waals surface area contributed by atoms with Gasteiger partial charge in [0.05, 0.1) is 0 Å². The molecule has 0 unspecified atom stereocenters. The van der Waals surface area contributed by atoms with Crippen molar-refractivity contribution < 1.29 is 0 Å². The summed E-state index contributed by atoms with van der Waals surface area (Å²) in [5.41, 5.74) is 1.29. The predicted octanol–water partition coefficient (Wildman–Crippen LogP) is 2.18. The zero-order chi connectivity index (χ0) is 6.97. The number of benzene rings is 1. The number of rotatable bonds is 0. The van der Waals surface area contributed by atoms with E-state index >= 15 is 0 Å². The fourth-order valence-corrected chi connectivity index (χ4v) is 1.22. The SMILES string of the molecule is [13CH3]n1ccc2ccccc21. The molecule has 2 aromatic rings. The zero-order valence-electron chi connectivity index (χ0n) is 5.91. The summed E-state index contributed by atoms with van der Waals surface area (Å²) in [6, 6.07) is 10.5. The van der Waals surface area contributed by atoms with E-state index in [1.807, 2.05) is 0 Å². The van der Waals surface area contributed by atoms with E-state index in [1.54, 1.807) is 0 Å². The number of hydrogen-bond donors (Lipinski definition) is 0. The molecule has 0 aliphatic carbocycles. The number of fused-ring (bicyclic) bond motifs is 1. The van der Waals surface area contributed by atoms with Gasteiger partial charge in [-0.1, -0.05) is 18.2 Å². The zero-order valence-corrected chi connectivity index (χ0v) is 5.91. The fraction of sp³-hybridized carbons (Fsp3) is 0.111. The summed E-state index contributed by atoms with van der Waals surface area (Å²) >= 11 is 0. The molecule has 0 amide bonds. The smallest absolute Gasteiger partial charge is 0.0477 e. The first-order valence-corrected chi connectivity index (χ1v) is 3.38. The lowest BCUT2D eigenvalue weighted by atomic mass is 10.3. The summed E-state index contributed by atoms with van der Waals surface area (Å²) in [4.78, 5) is 0. The molecule has 1 heteroatoms. The minimum atomic E-state index is 1.29. The Morgan fingerprint density at radius 3 is 2.70 bits per heavy atom. The van der Waals surface area contributed by atoms with Gasteiger partial charge < -0.3 is 4.57 Å². The van der Waals surface area contributed by atoms with Gasteiger partial charge in [-0.3, -0.25) is 0 Å². The molecule has 0 saturated heterocycles. The van der Waals surface area contributed by atoms with Gasteiger partial charge in [-0.25, -0.2) is 0 Å². The molecule has 0 fully saturated rings. The summed E-state index contributed by atoms with van der Waals surface area (Å²) < 4.78 is 2.12. The van der Waals surface area contributed by atoms with Crippen LogP contribution in [0.15, 0.2) is 36.5 Å². The van der Waals surface area contributed by atoms with Crippen LogP contribution < -0.4 is 0 Å². The molecule has 0 radical (unpaired) electrons. The standard InChI is InChI=1S/C9H9N/c1-10-7-6-8-4-2-3-5-9(8)10/h2-7H,1H3/i1+1. The van der Waals surface area contributed by atoms with Crippen LogP contribution in [0.25, 0.3) is 10.9 Å². The lowest BCUT2D eigenvalue weighted by Crippen LogP contribution is -1.81. The van der Waals surface area contributed by atoms with Crippen molar-refractivity contribution in [3.8, 4) is 0 Å². The Hall–Kier alpha value is -1.24. The van der Waals surface area contributed by atoms with Crippen LogP contribution in [0.3, 0.4) is 0 Å². The van der Waals surface area contributed by atoms with Crippen LogP contribution in [0.2, 0.25) is 0 Å². The van der Waals surface area contributed by atoms with E-state index in [9.17, 15) is 0 Å². The van der Waals surface area contributed by atoms with Crippen molar-refractivity contribution in [3.63, 3.8) is 0 Å². The lowest BCUT2D eigenvalue weighted by molar-refractivity contribution is 0.969. The summed E-state index contributed by atoms with van der Waals surface area (Å²) in [6.45, 7) is 0. The van der Waals surface area contributed by atoms with E-state index in [2.05, 4.69) is 48.1 Å². The second kappa shape index (κ2) is 1.87. The second-order valence-corrected chi connectivity index (χ2v) is 2.49. The highest BCUT2D eigenvalue weighted by atomic mass is 15.0. The highest BCUT2D eigenvalue weighted by molar-refractivity contribution is 5.79. The molecule has 10 heavy (non-hydrogen) atoms. The first kappa shape index (κ1) is 5.54. The maximum Gasteiger partial charge on any atom is 0.0477 e. The first-order valence-electron chi connectivity index (χ1n) is 3.38. The summed E-state index contributed by atoms with van der Waals surface area (Å²) in [5.74, 6) is 0. The average molecular weight is 132 g/mol. The van der Waals surface area contributed by atoms with E-state index in [4.69, 9.17) is 0 Å². The van der Waals surface area contributed by atoms with Gasteiger partial charge in [0.15, 0.2) is 0 Å². The van der Waals surface area contributed by atoms with Crippen molar-refractivity contribution in [2.24, 2.45) is 7.05 Å². The highest BCUT2D eigenvalue weighted by Crippen LogP contribution is 2.12. The topological polar surface area (TPSA) is 4.93 Å². The quantitative estimate of drug-likeness (QED) is 0.484. The van der Waals surface area contributed by atoms with Crippen molar-refractivity contribution in [1.29, 1.82) is 0 Å². The van der Waals surface area contributed by atoms with E-state index in [0.717, 1.165) is 0 Å². The van der Waals surface area contributed by atoms with Crippen molar-refractivity contribution >= 4 is 10.9 Å². The van der Waals surface area contributed by atoms with Gasteiger partial charge in [-0.15, -0.1) is 0 Å². The molecule has 0 atom stereocenters. The Morgan fingerprint density at radius 2 is 1.90 bits per heavy atom. The maximum absolute atomic E-state index is 2.12. The number of aromatic nitrogens is 1. The third kappa shape index (κ3) is 0.637.